The second kappa shape index (κ2) is 8.24. The van der Waals surface area contributed by atoms with Crippen molar-refractivity contribution < 1.29 is 19.1 Å². The van der Waals surface area contributed by atoms with Crippen LogP contribution < -0.4 is 15.2 Å². The summed E-state index contributed by atoms with van der Waals surface area (Å²) in [5.41, 5.74) is 5.33. The van der Waals surface area contributed by atoms with Gasteiger partial charge in [-0.15, -0.1) is 0 Å². The largest absolute Gasteiger partial charge is 0.457 e. The predicted octanol–water partition coefficient (Wildman–Crippen LogP) is 2.50. The molecule has 1 aromatic rings. The molecule has 1 unspecified atom stereocenters. The molecule has 166 valence electrons. The van der Waals surface area contributed by atoms with E-state index in [1.807, 2.05) is 19.1 Å². The Balaban J connectivity index is 1.31. The highest BCUT2D eigenvalue weighted by Gasteiger charge is 2.44. The predicted molar refractivity (Wildman–Crippen MR) is 116 cm³/mol. The van der Waals surface area contributed by atoms with E-state index in [0.29, 0.717) is 49.4 Å². The highest BCUT2D eigenvalue weighted by Crippen LogP contribution is 2.33. The highest BCUT2D eigenvalue weighted by atomic mass is 16.6. The molecule has 0 radical (unpaired) electrons. The number of benzene rings is 1. The third kappa shape index (κ3) is 4.24. The quantitative estimate of drug-likeness (QED) is 0.780. The lowest BCUT2D eigenvalue weighted by molar-refractivity contribution is -0.133. The van der Waals surface area contributed by atoms with Crippen molar-refractivity contribution in [3.63, 3.8) is 0 Å². The van der Waals surface area contributed by atoms with E-state index in [0.717, 1.165) is 12.8 Å². The van der Waals surface area contributed by atoms with Crippen LogP contribution in [0.2, 0.25) is 0 Å². The number of piperidine rings is 1. The van der Waals surface area contributed by atoms with E-state index in [2.05, 4.69) is 18.8 Å². The minimum atomic E-state index is -0.768. The molecular weight excluding hydrogens is 396 g/mol. The van der Waals surface area contributed by atoms with Gasteiger partial charge in [-0.05, 0) is 50.2 Å². The molecule has 8 nitrogen and oxygen atoms in total. The number of nitrogens with two attached hydrogens (primary N) is 1. The number of rotatable bonds is 5. The zero-order valence-electron chi connectivity index (χ0n) is 18.3. The number of para-hydroxylation sites is 2. The minimum Gasteiger partial charge on any atom is -0.457 e. The number of ether oxygens (including phenoxy) is 2. The summed E-state index contributed by atoms with van der Waals surface area (Å²) < 4.78 is 11.2. The Kier molecular flexibility index (Phi) is 5.64. The lowest BCUT2D eigenvalue weighted by atomic mass is 9.90. The second-order valence-corrected chi connectivity index (χ2v) is 9.14. The van der Waals surface area contributed by atoms with Crippen molar-refractivity contribution in [3.8, 4) is 11.5 Å². The molecule has 1 atom stereocenters. The van der Waals surface area contributed by atoms with Gasteiger partial charge in [0.1, 0.15) is 11.8 Å². The fraction of sp³-hybridized carbons (Fsp3) is 0.522. The molecule has 2 amide bonds. The third-order valence-electron chi connectivity index (χ3n) is 6.06. The summed E-state index contributed by atoms with van der Waals surface area (Å²) in [4.78, 5) is 33.7. The van der Waals surface area contributed by atoms with Gasteiger partial charge in [0.2, 0.25) is 5.76 Å². The molecule has 4 rings (SSSR count). The van der Waals surface area contributed by atoms with Gasteiger partial charge in [0, 0.05) is 19.6 Å². The number of nitrogens with zero attached hydrogens (tertiary/aromatic N) is 3. The van der Waals surface area contributed by atoms with Gasteiger partial charge in [-0.1, -0.05) is 26.0 Å². The molecule has 1 fully saturated rings. The van der Waals surface area contributed by atoms with Gasteiger partial charge in [0.05, 0.1) is 0 Å². The first-order chi connectivity index (χ1) is 14.8. The van der Waals surface area contributed by atoms with Crippen molar-refractivity contribution in [2.75, 3.05) is 19.6 Å². The zero-order chi connectivity index (χ0) is 22.2. The first-order valence-electron chi connectivity index (χ1n) is 10.9. The number of hydrogen-bond donors (Lipinski definition) is 1. The molecule has 3 aliphatic heterocycles. The van der Waals surface area contributed by atoms with Gasteiger partial charge in [0.15, 0.2) is 17.5 Å². The van der Waals surface area contributed by atoms with Crippen LogP contribution in [0.15, 0.2) is 41.3 Å². The number of aliphatic imine (C=N–C) groups is 1. The fourth-order valence-electron chi connectivity index (χ4n) is 4.58. The van der Waals surface area contributed by atoms with Crippen LogP contribution in [0.4, 0.5) is 0 Å². The van der Waals surface area contributed by atoms with E-state index in [9.17, 15) is 9.59 Å². The highest BCUT2D eigenvalue weighted by molar-refractivity contribution is 6.06. The molecule has 0 bridgehead atoms. The van der Waals surface area contributed by atoms with Crippen molar-refractivity contribution in [1.29, 1.82) is 0 Å². The summed E-state index contributed by atoms with van der Waals surface area (Å²) >= 11 is 0. The summed E-state index contributed by atoms with van der Waals surface area (Å²) in [5, 5.41) is 0. The maximum absolute atomic E-state index is 13.0. The Hall–Kier alpha value is -3.03. The zero-order valence-corrected chi connectivity index (χ0v) is 18.3. The van der Waals surface area contributed by atoms with Gasteiger partial charge < -0.3 is 20.1 Å². The molecule has 1 aromatic carbocycles. The molecule has 3 aliphatic rings. The summed E-state index contributed by atoms with van der Waals surface area (Å²) in [6.45, 7) is 7.74. The molecule has 0 aromatic heterocycles. The average Bonchev–Trinajstić information content (AvgIpc) is 2.95. The molecule has 2 N–H and O–H groups in total. The van der Waals surface area contributed by atoms with Crippen LogP contribution in [-0.4, -0.2) is 52.7 Å². The fourth-order valence-corrected chi connectivity index (χ4v) is 4.58. The van der Waals surface area contributed by atoms with E-state index in [1.54, 1.807) is 21.9 Å². The van der Waals surface area contributed by atoms with Crippen molar-refractivity contribution in [3.05, 3.63) is 36.3 Å². The van der Waals surface area contributed by atoms with E-state index in [-0.39, 0.29) is 23.5 Å². The molecule has 3 heterocycles. The minimum absolute atomic E-state index is 0.0196. The number of carbonyl (C=O) groups is 2. The summed E-state index contributed by atoms with van der Waals surface area (Å²) in [7, 11) is 0. The number of carbonyl (C=O) groups excluding carboxylic acids is 2. The second-order valence-electron chi connectivity index (χ2n) is 9.14. The maximum Gasteiger partial charge on any atom is 0.292 e. The Morgan fingerprint density at radius 3 is 2.61 bits per heavy atom. The van der Waals surface area contributed by atoms with E-state index in [1.165, 1.54) is 6.26 Å². The Labute approximate surface area is 182 Å². The van der Waals surface area contributed by atoms with Crippen molar-refractivity contribution in [1.82, 2.24) is 9.80 Å². The van der Waals surface area contributed by atoms with Gasteiger partial charge >= 0.3 is 0 Å². The topological polar surface area (TPSA) is 97.5 Å². The van der Waals surface area contributed by atoms with E-state index >= 15 is 0 Å². The molecule has 0 aliphatic carbocycles. The molecule has 31 heavy (non-hydrogen) atoms. The third-order valence-corrected chi connectivity index (χ3v) is 6.06. The van der Waals surface area contributed by atoms with Gasteiger partial charge in [-0.25, -0.2) is 4.99 Å². The van der Waals surface area contributed by atoms with Crippen LogP contribution in [0.3, 0.4) is 0 Å². The normalized spacial score (nSPS) is 23.8. The molecule has 8 heteroatoms. The number of guanidine groups is 1. The van der Waals surface area contributed by atoms with Gasteiger partial charge in [-0.3, -0.25) is 14.5 Å². The lowest BCUT2D eigenvalue weighted by Crippen LogP contribution is -2.48. The summed E-state index contributed by atoms with van der Waals surface area (Å²) in [6, 6.07) is 7.25. The van der Waals surface area contributed by atoms with Gasteiger partial charge in [-0.2, -0.15) is 0 Å². The SMILES string of the molecule is CC(C)CC1(C)N=C(N)N(CC2CCN(C(=O)C3=COc4ccccc4O3)CC2)C1=O. The van der Waals surface area contributed by atoms with Crippen molar-refractivity contribution in [2.45, 2.75) is 45.6 Å². The van der Waals surface area contributed by atoms with Crippen LogP contribution in [0, 0.1) is 11.8 Å². The number of likely N-dealkylation sites (tertiary alicyclic amines) is 1. The number of fused-ring (bicyclic) bond motifs is 1. The Morgan fingerprint density at radius 1 is 1.26 bits per heavy atom. The number of hydrogen-bond acceptors (Lipinski definition) is 6. The lowest BCUT2D eigenvalue weighted by Gasteiger charge is -2.34. The van der Waals surface area contributed by atoms with Crippen molar-refractivity contribution in [2.24, 2.45) is 22.6 Å². The molecule has 0 saturated carbocycles. The first-order valence-corrected chi connectivity index (χ1v) is 10.9. The number of amides is 2. The molecule has 0 spiro atoms. The summed E-state index contributed by atoms with van der Waals surface area (Å²) in [6.07, 6.45) is 3.62. The molecular formula is C23H30N4O4. The van der Waals surface area contributed by atoms with Gasteiger partial charge in [0.25, 0.3) is 11.8 Å². The van der Waals surface area contributed by atoms with Crippen LogP contribution >= 0.6 is 0 Å². The van der Waals surface area contributed by atoms with Crippen LogP contribution in [0.5, 0.6) is 11.5 Å². The van der Waals surface area contributed by atoms with Crippen LogP contribution in [-0.2, 0) is 9.59 Å². The summed E-state index contributed by atoms with van der Waals surface area (Å²) in [5.74, 6) is 2.04. The van der Waals surface area contributed by atoms with E-state index < -0.39 is 5.54 Å². The van der Waals surface area contributed by atoms with Crippen LogP contribution in [0.1, 0.15) is 40.0 Å². The van der Waals surface area contributed by atoms with E-state index in [4.69, 9.17) is 15.2 Å². The Bertz CT molecular complexity index is 933. The van der Waals surface area contributed by atoms with Crippen LogP contribution in [0.25, 0.3) is 0 Å². The average molecular weight is 427 g/mol. The monoisotopic (exact) mass is 426 g/mol. The Morgan fingerprint density at radius 2 is 1.94 bits per heavy atom. The smallest absolute Gasteiger partial charge is 0.292 e. The maximum atomic E-state index is 13.0. The first kappa shape index (κ1) is 21.2. The van der Waals surface area contributed by atoms with Crippen molar-refractivity contribution >= 4 is 17.8 Å². The standard InChI is InChI=1S/C23H30N4O4/c1-15(2)12-23(3)21(29)27(22(24)25-23)13-16-8-10-26(11-9-16)20(28)19-14-30-17-6-4-5-7-18(17)31-19/h4-7,14-16H,8-13H2,1-3H3,(H2,24,25). The molecule has 1 saturated heterocycles.